The number of carbonyl (C=O) groups excluding carboxylic acids is 1. The van der Waals surface area contributed by atoms with Crippen LogP contribution in [0.3, 0.4) is 0 Å². The summed E-state index contributed by atoms with van der Waals surface area (Å²) in [4.78, 5) is 17.8. The monoisotopic (exact) mass is 332 g/mol. The Morgan fingerprint density at radius 2 is 2.09 bits per heavy atom. The summed E-state index contributed by atoms with van der Waals surface area (Å²) in [6.45, 7) is 6.94. The van der Waals surface area contributed by atoms with E-state index in [0.29, 0.717) is 24.2 Å². The molecule has 1 unspecified atom stereocenters. The number of hydrogen-bond acceptors (Lipinski definition) is 6. The van der Waals surface area contributed by atoms with Gasteiger partial charge in [-0.2, -0.15) is 4.98 Å². The van der Waals surface area contributed by atoms with Gasteiger partial charge in [0.2, 0.25) is 11.8 Å². The van der Waals surface area contributed by atoms with E-state index in [1.807, 2.05) is 6.92 Å². The van der Waals surface area contributed by atoms with E-state index in [1.54, 1.807) is 7.05 Å². The lowest BCUT2D eigenvalue weighted by Crippen LogP contribution is -2.43. The van der Waals surface area contributed by atoms with E-state index in [1.165, 1.54) is 4.90 Å². The number of halogens is 1. The molecule has 0 bridgehead atoms. The lowest BCUT2D eigenvalue weighted by Gasteiger charge is -2.18. The highest BCUT2D eigenvalue weighted by Gasteiger charge is 2.47. The minimum absolute atomic E-state index is 0. The van der Waals surface area contributed by atoms with Crippen molar-refractivity contribution in [2.45, 2.75) is 51.8 Å². The highest BCUT2D eigenvalue weighted by atomic mass is 35.5. The van der Waals surface area contributed by atoms with Crippen LogP contribution in [0, 0.1) is 5.92 Å². The Morgan fingerprint density at radius 1 is 1.45 bits per heavy atom. The number of likely N-dealkylation sites (N-methyl/N-ethyl adjacent to an activating group) is 1. The molecule has 1 fully saturated rings. The van der Waals surface area contributed by atoms with Crippen molar-refractivity contribution in [3.63, 3.8) is 0 Å². The predicted octanol–water partition coefficient (Wildman–Crippen LogP) is 1.67. The van der Waals surface area contributed by atoms with Crippen LogP contribution in [-0.2, 0) is 16.1 Å². The van der Waals surface area contributed by atoms with E-state index in [9.17, 15) is 4.79 Å². The third kappa shape index (κ3) is 4.66. The lowest BCUT2D eigenvalue weighted by atomic mass is 10.2. The van der Waals surface area contributed by atoms with Crippen LogP contribution in [0.25, 0.3) is 0 Å². The maximum absolute atomic E-state index is 12.0. The van der Waals surface area contributed by atoms with Crippen molar-refractivity contribution in [3.8, 4) is 0 Å². The Morgan fingerprint density at radius 3 is 2.64 bits per heavy atom. The van der Waals surface area contributed by atoms with Crippen LogP contribution in [0.5, 0.6) is 0 Å². The number of aromatic nitrogens is 2. The Kier molecular flexibility index (Phi) is 6.34. The molecule has 0 aliphatic heterocycles. The van der Waals surface area contributed by atoms with Gasteiger partial charge in [0.05, 0.1) is 12.1 Å². The van der Waals surface area contributed by atoms with Crippen LogP contribution >= 0.6 is 12.4 Å². The number of amides is 1. The number of nitrogens with zero attached hydrogens (tertiary/aromatic N) is 3. The third-order valence-electron chi connectivity index (χ3n) is 3.46. The fourth-order valence-corrected chi connectivity index (χ4v) is 1.91. The van der Waals surface area contributed by atoms with Crippen molar-refractivity contribution in [3.05, 3.63) is 11.7 Å². The fraction of sp³-hybridized carbons (Fsp3) is 0.786. The van der Waals surface area contributed by atoms with Crippen LogP contribution < -0.4 is 5.73 Å². The molecule has 8 heteroatoms. The highest BCUT2D eigenvalue weighted by Crippen LogP contribution is 2.34. The highest BCUT2D eigenvalue weighted by molar-refractivity contribution is 5.88. The number of hydrogen-bond donors (Lipinski definition) is 1. The van der Waals surface area contributed by atoms with Gasteiger partial charge in [-0.1, -0.05) is 19.0 Å². The van der Waals surface area contributed by atoms with Crippen molar-refractivity contribution >= 4 is 18.3 Å². The summed E-state index contributed by atoms with van der Waals surface area (Å²) >= 11 is 0. The normalized spacial score (nSPS) is 17.0. The molecule has 1 aliphatic carbocycles. The van der Waals surface area contributed by atoms with E-state index in [4.69, 9.17) is 15.0 Å². The fourth-order valence-electron chi connectivity index (χ4n) is 1.91. The van der Waals surface area contributed by atoms with Gasteiger partial charge in [-0.15, -0.1) is 12.4 Å². The van der Waals surface area contributed by atoms with Gasteiger partial charge in [-0.3, -0.25) is 4.79 Å². The van der Waals surface area contributed by atoms with Gasteiger partial charge in [0.1, 0.15) is 6.10 Å². The molecular formula is C14H25ClN4O3. The second-order valence-electron chi connectivity index (χ2n) is 6.23. The second-order valence-corrected chi connectivity index (χ2v) is 6.23. The predicted molar refractivity (Wildman–Crippen MR) is 83.4 cm³/mol. The molecule has 126 valence electrons. The van der Waals surface area contributed by atoms with Gasteiger partial charge >= 0.3 is 0 Å². The summed E-state index contributed by atoms with van der Waals surface area (Å²) in [7, 11) is 1.69. The summed E-state index contributed by atoms with van der Waals surface area (Å²) in [5.74, 6) is 1.26. The van der Waals surface area contributed by atoms with Gasteiger partial charge in [0, 0.05) is 13.7 Å². The molecule has 0 radical (unpaired) electrons. The Bertz CT molecular complexity index is 502. The van der Waals surface area contributed by atoms with Gasteiger partial charge in [0.25, 0.3) is 0 Å². The zero-order chi connectivity index (χ0) is 15.6. The van der Waals surface area contributed by atoms with Crippen LogP contribution in [0.4, 0.5) is 0 Å². The van der Waals surface area contributed by atoms with Gasteiger partial charge in [-0.25, -0.2) is 0 Å². The van der Waals surface area contributed by atoms with Crippen molar-refractivity contribution in [2.24, 2.45) is 11.7 Å². The van der Waals surface area contributed by atoms with Crippen molar-refractivity contribution in [1.82, 2.24) is 15.0 Å². The maximum Gasteiger partial charge on any atom is 0.246 e. The first-order valence-corrected chi connectivity index (χ1v) is 7.30. The molecule has 7 nitrogen and oxygen atoms in total. The summed E-state index contributed by atoms with van der Waals surface area (Å²) in [5.41, 5.74) is 5.21. The van der Waals surface area contributed by atoms with Gasteiger partial charge in [-0.05, 0) is 25.7 Å². The van der Waals surface area contributed by atoms with Crippen LogP contribution in [-0.4, -0.2) is 40.1 Å². The van der Waals surface area contributed by atoms with Crippen molar-refractivity contribution in [1.29, 1.82) is 0 Å². The van der Waals surface area contributed by atoms with E-state index < -0.39 is 5.54 Å². The summed E-state index contributed by atoms with van der Waals surface area (Å²) < 4.78 is 10.8. The van der Waals surface area contributed by atoms with Gasteiger partial charge < -0.3 is 19.9 Å². The van der Waals surface area contributed by atoms with E-state index in [2.05, 4.69) is 24.0 Å². The average Bonchev–Trinajstić information content (AvgIpc) is 3.00. The summed E-state index contributed by atoms with van der Waals surface area (Å²) in [6.07, 6.45) is 1.26. The SMILES string of the molecule is CC(C)COC(C)c1noc(CN(C)C(=O)C2(N)CC2)n1.Cl. The first kappa shape index (κ1) is 18.9. The molecular weight excluding hydrogens is 308 g/mol. The standard InChI is InChI=1S/C14H24N4O3.ClH/c1-9(2)8-20-10(3)12-16-11(21-17-12)7-18(4)13(19)14(15)5-6-14;/h9-10H,5-8,15H2,1-4H3;1H. The molecule has 1 atom stereocenters. The average molecular weight is 333 g/mol. The van der Waals surface area contributed by atoms with E-state index in [-0.39, 0.29) is 31.0 Å². The van der Waals surface area contributed by atoms with Crippen molar-refractivity contribution in [2.75, 3.05) is 13.7 Å². The maximum atomic E-state index is 12.0. The Balaban J connectivity index is 0.00000242. The minimum Gasteiger partial charge on any atom is -0.370 e. The number of nitrogens with two attached hydrogens (primary N) is 1. The zero-order valence-corrected chi connectivity index (χ0v) is 14.4. The third-order valence-corrected chi connectivity index (χ3v) is 3.46. The number of rotatable bonds is 7. The van der Waals surface area contributed by atoms with Crippen LogP contribution in [0.1, 0.15) is 51.4 Å². The van der Waals surface area contributed by atoms with E-state index >= 15 is 0 Å². The molecule has 1 aromatic heterocycles. The number of ether oxygens (including phenoxy) is 1. The topological polar surface area (TPSA) is 94.5 Å². The molecule has 1 heterocycles. The smallest absolute Gasteiger partial charge is 0.246 e. The zero-order valence-electron chi connectivity index (χ0n) is 13.5. The molecule has 1 amide bonds. The first-order valence-electron chi connectivity index (χ1n) is 7.30. The first-order chi connectivity index (χ1) is 9.82. The molecule has 0 spiro atoms. The summed E-state index contributed by atoms with van der Waals surface area (Å²) in [5, 5.41) is 3.90. The molecule has 1 aliphatic rings. The van der Waals surface area contributed by atoms with Crippen LogP contribution in [0.2, 0.25) is 0 Å². The van der Waals surface area contributed by atoms with Gasteiger partial charge in [0.15, 0.2) is 5.82 Å². The quantitative estimate of drug-likeness (QED) is 0.816. The molecule has 0 saturated heterocycles. The van der Waals surface area contributed by atoms with Crippen molar-refractivity contribution < 1.29 is 14.1 Å². The Labute approximate surface area is 137 Å². The second kappa shape index (κ2) is 7.39. The minimum atomic E-state index is -0.675. The molecule has 1 aromatic rings. The summed E-state index contributed by atoms with van der Waals surface area (Å²) in [6, 6.07) is 0. The molecule has 2 N–H and O–H groups in total. The number of carbonyl (C=O) groups is 1. The molecule has 2 rings (SSSR count). The van der Waals surface area contributed by atoms with E-state index in [0.717, 1.165) is 12.8 Å². The lowest BCUT2D eigenvalue weighted by molar-refractivity contribution is -0.133. The molecule has 0 aromatic carbocycles. The van der Waals surface area contributed by atoms with Crippen LogP contribution in [0.15, 0.2) is 4.52 Å². The largest absolute Gasteiger partial charge is 0.370 e. The Hall–Kier alpha value is -1.18. The molecule has 1 saturated carbocycles. The molecule has 22 heavy (non-hydrogen) atoms.